The van der Waals surface area contributed by atoms with Gasteiger partial charge in [0.15, 0.2) is 17.6 Å². The van der Waals surface area contributed by atoms with Crippen LogP contribution in [0.15, 0.2) is 52.0 Å². The molecule has 24 heavy (non-hydrogen) atoms. The molecule has 0 aromatic heterocycles. The summed E-state index contributed by atoms with van der Waals surface area (Å²) >= 11 is 3.34. The maximum atomic E-state index is 12.0. The van der Waals surface area contributed by atoms with Crippen molar-refractivity contribution in [3.8, 4) is 17.2 Å². The maximum absolute atomic E-state index is 12.0. The zero-order valence-corrected chi connectivity index (χ0v) is 14.4. The normalized spacial score (nSPS) is 13.8. The van der Waals surface area contributed by atoms with Gasteiger partial charge in [-0.15, -0.1) is 0 Å². The molecule has 1 atom stereocenters. The minimum atomic E-state index is -0.667. The topological polar surface area (TPSA) is 69.2 Å². The SMILES string of the molecule is C[C@H](Oc1ccc(Br)cc1)C(=O)N/N=C\c1ccc2c(c1)OCO2. The molecule has 1 aliphatic rings. The zero-order chi connectivity index (χ0) is 16.9. The van der Waals surface area contributed by atoms with Gasteiger partial charge in [-0.05, 0) is 55.0 Å². The Hall–Kier alpha value is -2.54. The average Bonchev–Trinajstić information content (AvgIpc) is 3.04. The summed E-state index contributed by atoms with van der Waals surface area (Å²) in [5.74, 6) is 1.64. The molecule has 0 saturated carbocycles. The van der Waals surface area contributed by atoms with E-state index in [-0.39, 0.29) is 12.7 Å². The number of fused-ring (bicyclic) bond motifs is 1. The lowest BCUT2D eigenvalue weighted by Gasteiger charge is -2.12. The first-order valence-electron chi connectivity index (χ1n) is 7.26. The summed E-state index contributed by atoms with van der Waals surface area (Å²) in [5.41, 5.74) is 3.25. The number of carbonyl (C=O) groups is 1. The van der Waals surface area contributed by atoms with Gasteiger partial charge in [0.05, 0.1) is 6.21 Å². The molecule has 3 rings (SSSR count). The number of carbonyl (C=O) groups excluding carboxylic acids is 1. The standard InChI is InChI=1S/C17H15BrN2O4/c1-11(24-14-5-3-13(18)4-6-14)17(21)20-19-9-12-2-7-15-16(8-12)23-10-22-15/h2-9,11H,10H2,1H3,(H,20,21)/b19-9-/t11-/m0/s1. The van der Waals surface area contributed by atoms with Crippen LogP contribution in [0.4, 0.5) is 0 Å². The van der Waals surface area contributed by atoms with E-state index in [0.717, 1.165) is 10.0 Å². The van der Waals surface area contributed by atoms with E-state index in [4.69, 9.17) is 14.2 Å². The Kier molecular flexibility index (Phi) is 5.00. The van der Waals surface area contributed by atoms with Gasteiger partial charge in [0, 0.05) is 4.47 Å². The summed E-state index contributed by atoms with van der Waals surface area (Å²) in [4.78, 5) is 12.0. The van der Waals surface area contributed by atoms with E-state index in [9.17, 15) is 4.79 Å². The molecule has 124 valence electrons. The fourth-order valence-corrected chi connectivity index (χ4v) is 2.29. The van der Waals surface area contributed by atoms with Crippen LogP contribution in [-0.4, -0.2) is 25.0 Å². The number of ether oxygens (including phenoxy) is 3. The van der Waals surface area contributed by atoms with Crippen LogP contribution in [0.3, 0.4) is 0 Å². The van der Waals surface area contributed by atoms with Crippen LogP contribution in [0.2, 0.25) is 0 Å². The van der Waals surface area contributed by atoms with E-state index in [2.05, 4.69) is 26.5 Å². The highest BCUT2D eigenvalue weighted by molar-refractivity contribution is 9.10. The van der Waals surface area contributed by atoms with Crippen LogP contribution in [-0.2, 0) is 4.79 Å². The molecular formula is C17H15BrN2O4. The van der Waals surface area contributed by atoms with E-state index >= 15 is 0 Å². The number of hydrogen-bond acceptors (Lipinski definition) is 5. The summed E-state index contributed by atoms with van der Waals surface area (Å²) in [6, 6.07) is 12.7. The highest BCUT2D eigenvalue weighted by Crippen LogP contribution is 2.31. The molecule has 1 N–H and O–H groups in total. The molecule has 0 radical (unpaired) electrons. The van der Waals surface area contributed by atoms with Gasteiger partial charge in [-0.3, -0.25) is 4.79 Å². The molecule has 0 unspecified atom stereocenters. The Bertz CT molecular complexity index is 762. The number of hydrazone groups is 1. The van der Waals surface area contributed by atoms with E-state index < -0.39 is 6.10 Å². The monoisotopic (exact) mass is 390 g/mol. The highest BCUT2D eigenvalue weighted by atomic mass is 79.9. The molecule has 0 aliphatic carbocycles. The number of benzene rings is 2. The van der Waals surface area contributed by atoms with E-state index in [1.54, 1.807) is 31.2 Å². The van der Waals surface area contributed by atoms with Crippen molar-refractivity contribution in [2.24, 2.45) is 5.10 Å². The fraction of sp³-hybridized carbons (Fsp3) is 0.176. The van der Waals surface area contributed by atoms with Crippen LogP contribution < -0.4 is 19.6 Å². The van der Waals surface area contributed by atoms with Crippen LogP contribution in [0, 0.1) is 0 Å². The third kappa shape index (κ3) is 4.05. The van der Waals surface area contributed by atoms with Crippen LogP contribution in [0.1, 0.15) is 12.5 Å². The molecule has 1 heterocycles. The predicted molar refractivity (Wildman–Crippen MR) is 92.5 cm³/mol. The average molecular weight is 391 g/mol. The second-order valence-corrected chi connectivity index (χ2v) is 5.98. The van der Waals surface area contributed by atoms with E-state index in [1.807, 2.05) is 18.2 Å². The molecule has 0 bridgehead atoms. The highest BCUT2D eigenvalue weighted by Gasteiger charge is 2.14. The van der Waals surface area contributed by atoms with Crippen molar-refractivity contribution in [2.75, 3.05) is 6.79 Å². The Labute approximate surface area is 147 Å². The van der Waals surface area contributed by atoms with Crippen LogP contribution >= 0.6 is 15.9 Å². The number of hydrogen-bond donors (Lipinski definition) is 1. The number of rotatable bonds is 5. The molecule has 1 amide bonds. The van der Waals surface area contributed by atoms with Gasteiger partial charge in [-0.2, -0.15) is 5.10 Å². The van der Waals surface area contributed by atoms with Gasteiger partial charge < -0.3 is 14.2 Å². The van der Waals surface area contributed by atoms with Crippen molar-refractivity contribution in [3.63, 3.8) is 0 Å². The lowest BCUT2D eigenvalue weighted by Crippen LogP contribution is -2.33. The second kappa shape index (κ2) is 7.35. The molecule has 2 aromatic rings. The van der Waals surface area contributed by atoms with Crippen LogP contribution in [0.25, 0.3) is 0 Å². The number of nitrogens with zero attached hydrogens (tertiary/aromatic N) is 1. The zero-order valence-electron chi connectivity index (χ0n) is 12.9. The summed E-state index contributed by atoms with van der Waals surface area (Å²) in [6.45, 7) is 1.88. The van der Waals surface area contributed by atoms with E-state index in [0.29, 0.717) is 17.2 Å². The summed E-state index contributed by atoms with van der Waals surface area (Å²) in [7, 11) is 0. The van der Waals surface area contributed by atoms with E-state index in [1.165, 1.54) is 6.21 Å². The molecule has 1 aliphatic heterocycles. The Morgan fingerprint density at radius 1 is 1.25 bits per heavy atom. The van der Waals surface area contributed by atoms with Crippen molar-refractivity contribution in [1.29, 1.82) is 0 Å². The smallest absolute Gasteiger partial charge is 0.280 e. The minimum absolute atomic E-state index is 0.220. The van der Waals surface area contributed by atoms with Crippen LogP contribution in [0.5, 0.6) is 17.2 Å². The molecule has 6 nitrogen and oxygen atoms in total. The number of nitrogens with one attached hydrogen (secondary N) is 1. The summed E-state index contributed by atoms with van der Waals surface area (Å²) < 4.78 is 17.0. The first-order chi connectivity index (χ1) is 11.6. The molecule has 0 saturated heterocycles. The number of halogens is 1. The second-order valence-electron chi connectivity index (χ2n) is 5.06. The molecule has 2 aromatic carbocycles. The quantitative estimate of drug-likeness (QED) is 0.628. The first kappa shape index (κ1) is 16.3. The maximum Gasteiger partial charge on any atom is 0.280 e. The summed E-state index contributed by atoms with van der Waals surface area (Å²) in [5, 5.41) is 3.94. The summed E-state index contributed by atoms with van der Waals surface area (Å²) in [6.07, 6.45) is 0.867. The largest absolute Gasteiger partial charge is 0.481 e. The van der Waals surface area contributed by atoms with Crippen molar-refractivity contribution < 1.29 is 19.0 Å². The molecule has 0 spiro atoms. The molecular weight excluding hydrogens is 376 g/mol. The van der Waals surface area contributed by atoms with Gasteiger partial charge in [-0.25, -0.2) is 5.43 Å². The third-order valence-corrected chi connectivity index (χ3v) is 3.81. The molecule has 0 fully saturated rings. The van der Waals surface area contributed by atoms with Crippen molar-refractivity contribution in [2.45, 2.75) is 13.0 Å². The Morgan fingerprint density at radius 3 is 2.79 bits per heavy atom. The fourth-order valence-electron chi connectivity index (χ4n) is 2.03. The van der Waals surface area contributed by atoms with Gasteiger partial charge in [0.1, 0.15) is 5.75 Å². The Morgan fingerprint density at radius 2 is 2.00 bits per heavy atom. The van der Waals surface area contributed by atoms with Gasteiger partial charge in [0.2, 0.25) is 6.79 Å². The van der Waals surface area contributed by atoms with Crippen molar-refractivity contribution in [1.82, 2.24) is 5.43 Å². The van der Waals surface area contributed by atoms with Crippen molar-refractivity contribution in [3.05, 3.63) is 52.5 Å². The first-order valence-corrected chi connectivity index (χ1v) is 8.06. The minimum Gasteiger partial charge on any atom is -0.481 e. The lowest BCUT2D eigenvalue weighted by atomic mass is 10.2. The third-order valence-electron chi connectivity index (χ3n) is 3.28. The number of amides is 1. The van der Waals surface area contributed by atoms with Gasteiger partial charge in [-0.1, -0.05) is 15.9 Å². The van der Waals surface area contributed by atoms with Gasteiger partial charge in [0.25, 0.3) is 5.91 Å². The Balaban J connectivity index is 1.53. The predicted octanol–water partition coefficient (Wildman–Crippen LogP) is 3.10. The van der Waals surface area contributed by atoms with Crippen molar-refractivity contribution >= 4 is 28.1 Å². The lowest BCUT2D eigenvalue weighted by molar-refractivity contribution is -0.127. The van der Waals surface area contributed by atoms with Gasteiger partial charge >= 0.3 is 0 Å². The molecule has 7 heteroatoms.